The van der Waals surface area contributed by atoms with Crippen molar-refractivity contribution < 1.29 is 9.53 Å². The van der Waals surface area contributed by atoms with E-state index >= 15 is 0 Å². The highest BCUT2D eigenvalue weighted by atomic mass is 16.5. The van der Waals surface area contributed by atoms with Crippen LogP contribution in [0.1, 0.15) is 37.3 Å². The summed E-state index contributed by atoms with van der Waals surface area (Å²) >= 11 is 0. The molecule has 0 aliphatic rings. The number of benzene rings is 1. The second-order valence-corrected chi connectivity index (χ2v) is 4.57. The standard InChI is InChI=1S/C15H23NO2/c1-13-7-6-8-15(11-13)12-16-9-4-3-5-10-18-14(2)17/h6-8,11,16H,3-5,9-10,12H2,1-2H3. The Hall–Kier alpha value is -1.35. The average Bonchev–Trinajstić information content (AvgIpc) is 2.32. The van der Waals surface area contributed by atoms with Gasteiger partial charge in [-0.1, -0.05) is 29.8 Å². The van der Waals surface area contributed by atoms with Gasteiger partial charge in [-0.15, -0.1) is 0 Å². The second-order valence-electron chi connectivity index (χ2n) is 4.57. The molecule has 1 aromatic rings. The van der Waals surface area contributed by atoms with Gasteiger partial charge < -0.3 is 10.1 Å². The van der Waals surface area contributed by atoms with Crippen LogP contribution in [0.4, 0.5) is 0 Å². The number of esters is 1. The van der Waals surface area contributed by atoms with E-state index < -0.39 is 0 Å². The highest BCUT2D eigenvalue weighted by molar-refractivity contribution is 5.65. The van der Waals surface area contributed by atoms with E-state index in [1.165, 1.54) is 18.1 Å². The molecule has 3 heteroatoms. The lowest BCUT2D eigenvalue weighted by atomic mass is 10.1. The van der Waals surface area contributed by atoms with Gasteiger partial charge in [-0.3, -0.25) is 4.79 Å². The van der Waals surface area contributed by atoms with Crippen molar-refractivity contribution in [2.45, 2.75) is 39.7 Å². The van der Waals surface area contributed by atoms with Gasteiger partial charge in [0.05, 0.1) is 6.61 Å². The Labute approximate surface area is 110 Å². The minimum absolute atomic E-state index is 0.187. The Kier molecular flexibility index (Phi) is 7.11. The monoisotopic (exact) mass is 249 g/mol. The van der Waals surface area contributed by atoms with Crippen molar-refractivity contribution in [1.82, 2.24) is 5.32 Å². The van der Waals surface area contributed by atoms with Crippen LogP contribution in [-0.4, -0.2) is 19.1 Å². The van der Waals surface area contributed by atoms with Crippen molar-refractivity contribution in [2.24, 2.45) is 0 Å². The number of hydrogen-bond acceptors (Lipinski definition) is 3. The Balaban J connectivity index is 1.97. The average molecular weight is 249 g/mol. The molecule has 18 heavy (non-hydrogen) atoms. The van der Waals surface area contributed by atoms with Gasteiger partial charge in [-0.2, -0.15) is 0 Å². The third-order valence-corrected chi connectivity index (χ3v) is 2.71. The fourth-order valence-electron chi connectivity index (χ4n) is 1.80. The maximum atomic E-state index is 10.5. The van der Waals surface area contributed by atoms with Gasteiger partial charge in [-0.25, -0.2) is 0 Å². The first kappa shape index (κ1) is 14.7. The molecule has 0 spiro atoms. The summed E-state index contributed by atoms with van der Waals surface area (Å²) in [6.07, 6.45) is 3.16. The summed E-state index contributed by atoms with van der Waals surface area (Å²) in [5, 5.41) is 3.42. The van der Waals surface area contributed by atoms with Gasteiger partial charge in [0.1, 0.15) is 0 Å². The molecule has 0 aliphatic heterocycles. The molecular weight excluding hydrogens is 226 g/mol. The molecule has 0 aliphatic carbocycles. The first-order chi connectivity index (χ1) is 8.68. The first-order valence-corrected chi connectivity index (χ1v) is 6.58. The van der Waals surface area contributed by atoms with Gasteiger partial charge in [0.2, 0.25) is 0 Å². The van der Waals surface area contributed by atoms with E-state index in [1.807, 2.05) is 0 Å². The first-order valence-electron chi connectivity index (χ1n) is 6.58. The van der Waals surface area contributed by atoms with E-state index in [0.29, 0.717) is 6.61 Å². The van der Waals surface area contributed by atoms with Crippen LogP contribution in [0.15, 0.2) is 24.3 Å². The van der Waals surface area contributed by atoms with Crippen molar-refractivity contribution in [3.05, 3.63) is 35.4 Å². The van der Waals surface area contributed by atoms with Crippen molar-refractivity contribution >= 4 is 5.97 Å². The van der Waals surface area contributed by atoms with Crippen LogP contribution in [0, 0.1) is 6.92 Å². The molecule has 0 heterocycles. The summed E-state index contributed by atoms with van der Waals surface area (Å²) in [7, 11) is 0. The van der Waals surface area contributed by atoms with Crippen LogP contribution < -0.4 is 5.32 Å². The van der Waals surface area contributed by atoms with Crippen LogP contribution in [0.5, 0.6) is 0 Å². The zero-order chi connectivity index (χ0) is 13.2. The Morgan fingerprint density at radius 3 is 2.83 bits per heavy atom. The zero-order valence-corrected chi connectivity index (χ0v) is 11.4. The minimum Gasteiger partial charge on any atom is -0.466 e. The van der Waals surface area contributed by atoms with E-state index in [0.717, 1.165) is 32.4 Å². The van der Waals surface area contributed by atoms with E-state index in [-0.39, 0.29) is 5.97 Å². The molecule has 0 saturated heterocycles. The lowest BCUT2D eigenvalue weighted by Crippen LogP contribution is -2.14. The van der Waals surface area contributed by atoms with Crippen molar-refractivity contribution in [1.29, 1.82) is 0 Å². The Morgan fingerprint density at radius 2 is 2.11 bits per heavy atom. The van der Waals surface area contributed by atoms with Crippen molar-refractivity contribution in [2.75, 3.05) is 13.2 Å². The maximum absolute atomic E-state index is 10.5. The molecule has 0 saturated carbocycles. The molecule has 0 unspecified atom stereocenters. The maximum Gasteiger partial charge on any atom is 0.302 e. The molecule has 1 aromatic carbocycles. The molecule has 0 aromatic heterocycles. The summed E-state index contributed by atoms with van der Waals surface area (Å²) in [4.78, 5) is 10.5. The topological polar surface area (TPSA) is 38.3 Å². The zero-order valence-electron chi connectivity index (χ0n) is 11.4. The van der Waals surface area contributed by atoms with E-state index in [4.69, 9.17) is 4.74 Å². The van der Waals surface area contributed by atoms with Crippen LogP contribution >= 0.6 is 0 Å². The van der Waals surface area contributed by atoms with Crippen molar-refractivity contribution in [3.63, 3.8) is 0 Å². The third kappa shape index (κ3) is 7.07. The van der Waals surface area contributed by atoms with Crippen LogP contribution in [0.25, 0.3) is 0 Å². The molecule has 0 atom stereocenters. The summed E-state index contributed by atoms with van der Waals surface area (Å²) in [5.41, 5.74) is 2.63. The number of rotatable bonds is 8. The largest absolute Gasteiger partial charge is 0.466 e. The molecule has 100 valence electrons. The highest BCUT2D eigenvalue weighted by Gasteiger charge is 1.95. The summed E-state index contributed by atoms with van der Waals surface area (Å²) in [5.74, 6) is -0.187. The second kappa shape index (κ2) is 8.70. The molecule has 1 rings (SSSR count). The van der Waals surface area contributed by atoms with Crippen LogP contribution in [0.2, 0.25) is 0 Å². The molecular formula is C15H23NO2. The fraction of sp³-hybridized carbons (Fsp3) is 0.533. The molecule has 0 fully saturated rings. The molecule has 1 N–H and O–H groups in total. The lowest BCUT2D eigenvalue weighted by molar-refractivity contribution is -0.141. The smallest absolute Gasteiger partial charge is 0.302 e. The Bertz CT molecular complexity index is 363. The summed E-state index contributed by atoms with van der Waals surface area (Å²) in [6.45, 7) is 6.04. The SMILES string of the molecule is CC(=O)OCCCCCNCc1cccc(C)c1. The van der Waals surface area contributed by atoms with E-state index in [1.54, 1.807) is 0 Å². The summed E-state index contributed by atoms with van der Waals surface area (Å²) < 4.78 is 4.87. The molecule has 3 nitrogen and oxygen atoms in total. The van der Waals surface area contributed by atoms with Gasteiger partial charge >= 0.3 is 5.97 Å². The predicted octanol–water partition coefficient (Wildman–Crippen LogP) is 2.82. The number of aryl methyl sites for hydroxylation is 1. The lowest BCUT2D eigenvalue weighted by Gasteiger charge is -2.06. The van der Waals surface area contributed by atoms with Gasteiger partial charge in [0.25, 0.3) is 0 Å². The Morgan fingerprint density at radius 1 is 1.28 bits per heavy atom. The number of ether oxygens (including phenoxy) is 1. The quantitative estimate of drug-likeness (QED) is 0.568. The number of carbonyl (C=O) groups excluding carboxylic acids is 1. The molecule has 0 bridgehead atoms. The van der Waals surface area contributed by atoms with Gasteiger partial charge in [-0.05, 0) is 38.3 Å². The number of hydrogen-bond donors (Lipinski definition) is 1. The number of nitrogens with one attached hydrogen (secondary N) is 1. The predicted molar refractivity (Wildman–Crippen MR) is 73.4 cm³/mol. The number of unbranched alkanes of at least 4 members (excludes halogenated alkanes) is 2. The van der Waals surface area contributed by atoms with Crippen LogP contribution in [0.3, 0.4) is 0 Å². The highest BCUT2D eigenvalue weighted by Crippen LogP contribution is 2.03. The van der Waals surface area contributed by atoms with E-state index in [9.17, 15) is 4.79 Å². The minimum atomic E-state index is -0.187. The van der Waals surface area contributed by atoms with Gasteiger partial charge in [0, 0.05) is 13.5 Å². The normalized spacial score (nSPS) is 10.3. The molecule has 0 radical (unpaired) electrons. The van der Waals surface area contributed by atoms with Crippen LogP contribution in [-0.2, 0) is 16.1 Å². The van der Waals surface area contributed by atoms with Gasteiger partial charge in [0.15, 0.2) is 0 Å². The summed E-state index contributed by atoms with van der Waals surface area (Å²) in [6, 6.07) is 8.54. The molecule has 0 amide bonds. The fourth-order valence-corrected chi connectivity index (χ4v) is 1.80. The third-order valence-electron chi connectivity index (χ3n) is 2.71. The van der Waals surface area contributed by atoms with Crippen molar-refractivity contribution in [3.8, 4) is 0 Å². The number of carbonyl (C=O) groups is 1. The van der Waals surface area contributed by atoms with E-state index in [2.05, 4.69) is 36.5 Å².